The van der Waals surface area contributed by atoms with Gasteiger partial charge in [-0.15, -0.1) is 0 Å². The van der Waals surface area contributed by atoms with E-state index in [1.54, 1.807) is 7.11 Å². The topological polar surface area (TPSA) is 38.3 Å². The SMILES string of the molecule is COCCCC(=O)Nc1ccc(C)cc1Br. The monoisotopic (exact) mass is 285 g/mol. The highest BCUT2D eigenvalue weighted by Gasteiger charge is 2.05. The van der Waals surface area contributed by atoms with Crippen LogP contribution in [0.5, 0.6) is 0 Å². The van der Waals surface area contributed by atoms with Crippen LogP contribution in [0, 0.1) is 6.92 Å². The van der Waals surface area contributed by atoms with Gasteiger partial charge >= 0.3 is 0 Å². The van der Waals surface area contributed by atoms with Gasteiger partial charge in [-0.1, -0.05) is 6.07 Å². The number of methoxy groups -OCH3 is 1. The van der Waals surface area contributed by atoms with Gasteiger partial charge in [0.2, 0.25) is 5.91 Å². The Bertz CT molecular complexity index is 366. The number of hydrogen-bond acceptors (Lipinski definition) is 2. The molecule has 1 aromatic carbocycles. The van der Waals surface area contributed by atoms with E-state index < -0.39 is 0 Å². The lowest BCUT2D eigenvalue weighted by Gasteiger charge is -2.07. The minimum atomic E-state index is 0.0154. The summed E-state index contributed by atoms with van der Waals surface area (Å²) >= 11 is 3.42. The van der Waals surface area contributed by atoms with E-state index in [-0.39, 0.29) is 5.91 Å². The largest absolute Gasteiger partial charge is 0.385 e. The van der Waals surface area contributed by atoms with Gasteiger partial charge in [0.1, 0.15) is 0 Å². The number of aryl methyl sites for hydroxylation is 1. The van der Waals surface area contributed by atoms with Crippen molar-refractivity contribution in [1.82, 2.24) is 0 Å². The molecule has 0 aliphatic carbocycles. The number of carbonyl (C=O) groups is 1. The van der Waals surface area contributed by atoms with E-state index in [0.717, 1.165) is 22.1 Å². The first-order valence-electron chi connectivity index (χ1n) is 5.18. The van der Waals surface area contributed by atoms with Gasteiger partial charge in [0.25, 0.3) is 0 Å². The zero-order valence-corrected chi connectivity index (χ0v) is 11.1. The normalized spacial score (nSPS) is 10.2. The molecule has 16 heavy (non-hydrogen) atoms. The summed E-state index contributed by atoms with van der Waals surface area (Å²) in [5, 5.41) is 2.85. The van der Waals surface area contributed by atoms with Gasteiger partial charge in [0, 0.05) is 24.6 Å². The van der Waals surface area contributed by atoms with Crippen molar-refractivity contribution in [3.8, 4) is 0 Å². The maximum absolute atomic E-state index is 11.5. The molecule has 0 bridgehead atoms. The van der Waals surface area contributed by atoms with Crippen LogP contribution in [0.3, 0.4) is 0 Å². The van der Waals surface area contributed by atoms with Gasteiger partial charge in [-0.3, -0.25) is 4.79 Å². The second kappa shape index (κ2) is 6.66. The highest BCUT2D eigenvalue weighted by Crippen LogP contribution is 2.23. The Labute approximate surface area is 104 Å². The van der Waals surface area contributed by atoms with Crippen molar-refractivity contribution in [2.75, 3.05) is 19.0 Å². The number of rotatable bonds is 5. The van der Waals surface area contributed by atoms with E-state index in [1.165, 1.54) is 0 Å². The molecule has 0 fully saturated rings. The second-order valence-electron chi connectivity index (χ2n) is 3.63. The van der Waals surface area contributed by atoms with Crippen molar-refractivity contribution < 1.29 is 9.53 Å². The Morgan fingerprint density at radius 2 is 2.25 bits per heavy atom. The molecule has 0 heterocycles. The maximum Gasteiger partial charge on any atom is 0.224 e. The summed E-state index contributed by atoms with van der Waals surface area (Å²) < 4.78 is 5.80. The first-order chi connectivity index (χ1) is 7.63. The van der Waals surface area contributed by atoms with Crippen molar-refractivity contribution in [3.63, 3.8) is 0 Å². The molecule has 1 amide bonds. The van der Waals surface area contributed by atoms with Crippen LogP contribution in [0.25, 0.3) is 0 Å². The first kappa shape index (κ1) is 13.2. The van der Waals surface area contributed by atoms with Gasteiger partial charge in [0.05, 0.1) is 5.69 Å². The lowest BCUT2D eigenvalue weighted by molar-refractivity contribution is -0.116. The minimum Gasteiger partial charge on any atom is -0.385 e. The highest BCUT2D eigenvalue weighted by atomic mass is 79.9. The molecule has 0 aromatic heterocycles. The van der Waals surface area contributed by atoms with Crippen LogP contribution in [0.2, 0.25) is 0 Å². The molecule has 0 saturated heterocycles. The molecule has 0 unspecified atom stereocenters. The van der Waals surface area contributed by atoms with E-state index in [1.807, 2.05) is 25.1 Å². The average Bonchev–Trinajstić information content (AvgIpc) is 2.23. The number of anilines is 1. The van der Waals surface area contributed by atoms with Crippen LogP contribution < -0.4 is 5.32 Å². The first-order valence-corrected chi connectivity index (χ1v) is 5.97. The van der Waals surface area contributed by atoms with E-state index in [9.17, 15) is 4.79 Å². The Balaban J connectivity index is 2.49. The van der Waals surface area contributed by atoms with Gasteiger partial charge in [-0.05, 0) is 47.0 Å². The summed E-state index contributed by atoms with van der Waals surface area (Å²) in [5.74, 6) is 0.0154. The second-order valence-corrected chi connectivity index (χ2v) is 4.48. The fourth-order valence-corrected chi connectivity index (χ4v) is 1.90. The van der Waals surface area contributed by atoms with Crippen LogP contribution in [-0.2, 0) is 9.53 Å². The van der Waals surface area contributed by atoms with Crippen LogP contribution >= 0.6 is 15.9 Å². The maximum atomic E-state index is 11.5. The van der Waals surface area contributed by atoms with Crippen molar-refractivity contribution in [3.05, 3.63) is 28.2 Å². The third-order valence-electron chi connectivity index (χ3n) is 2.15. The lowest BCUT2D eigenvalue weighted by Crippen LogP contribution is -2.12. The summed E-state index contributed by atoms with van der Waals surface area (Å²) in [6.07, 6.45) is 1.22. The average molecular weight is 286 g/mol. The van der Waals surface area contributed by atoms with Crippen molar-refractivity contribution >= 4 is 27.5 Å². The van der Waals surface area contributed by atoms with E-state index >= 15 is 0 Å². The number of carbonyl (C=O) groups excluding carboxylic acids is 1. The Hall–Kier alpha value is -0.870. The Kier molecular flexibility index (Phi) is 5.49. The van der Waals surface area contributed by atoms with E-state index in [2.05, 4.69) is 21.2 Å². The standard InChI is InChI=1S/C12H16BrNO2/c1-9-5-6-11(10(13)8-9)14-12(15)4-3-7-16-2/h5-6,8H,3-4,7H2,1-2H3,(H,14,15). The van der Waals surface area contributed by atoms with Crippen LogP contribution in [-0.4, -0.2) is 19.6 Å². The smallest absolute Gasteiger partial charge is 0.224 e. The third-order valence-corrected chi connectivity index (χ3v) is 2.81. The number of hydrogen-bond donors (Lipinski definition) is 1. The molecule has 0 atom stereocenters. The van der Waals surface area contributed by atoms with Crippen LogP contribution in [0.1, 0.15) is 18.4 Å². The number of benzene rings is 1. The molecular formula is C12H16BrNO2. The molecule has 1 aromatic rings. The molecule has 0 spiro atoms. The van der Waals surface area contributed by atoms with E-state index in [4.69, 9.17) is 4.74 Å². The number of amides is 1. The number of halogens is 1. The molecule has 0 radical (unpaired) electrons. The molecule has 0 aliphatic rings. The zero-order chi connectivity index (χ0) is 12.0. The Morgan fingerprint density at radius 1 is 1.50 bits per heavy atom. The molecule has 0 aliphatic heterocycles. The third kappa shape index (κ3) is 4.33. The fourth-order valence-electron chi connectivity index (χ4n) is 1.31. The predicted octanol–water partition coefficient (Wildman–Crippen LogP) is 3.12. The molecule has 1 rings (SSSR count). The molecule has 1 N–H and O–H groups in total. The van der Waals surface area contributed by atoms with Gasteiger partial charge in [-0.25, -0.2) is 0 Å². The fraction of sp³-hybridized carbons (Fsp3) is 0.417. The summed E-state index contributed by atoms with van der Waals surface area (Å²) in [4.78, 5) is 11.5. The number of ether oxygens (including phenoxy) is 1. The number of nitrogens with one attached hydrogen (secondary N) is 1. The van der Waals surface area contributed by atoms with Gasteiger partial charge < -0.3 is 10.1 Å². The lowest BCUT2D eigenvalue weighted by atomic mass is 10.2. The van der Waals surface area contributed by atoms with E-state index in [0.29, 0.717) is 13.0 Å². The molecule has 3 nitrogen and oxygen atoms in total. The van der Waals surface area contributed by atoms with Gasteiger partial charge in [-0.2, -0.15) is 0 Å². The van der Waals surface area contributed by atoms with Crippen molar-refractivity contribution in [2.24, 2.45) is 0 Å². The predicted molar refractivity (Wildman–Crippen MR) is 68.6 cm³/mol. The Morgan fingerprint density at radius 3 is 2.88 bits per heavy atom. The summed E-state index contributed by atoms with van der Waals surface area (Å²) in [5.41, 5.74) is 1.97. The summed E-state index contributed by atoms with van der Waals surface area (Å²) in [6.45, 7) is 2.62. The molecule has 0 saturated carbocycles. The quantitative estimate of drug-likeness (QED) is 0.844. The van der Waals surface area contributed by atoms with Crippen LogP contribution in [0.4, 0.5) is 5.69 Å². The van der Waals surface area contributed by atoms with Crippen molar-refractivity contribution in [2.45, 2.75) is 19.8 Å². The van der Waals surface area contributed by atoms with Crippen LogP contribution in [0.15, 0.2) is 22.7 Å². The van der Waals surface area contributed by atoms with Gasteiger partial charge in [0.15, 0.2) is 0 Å². The summed E-state index contributed by atoms with van der Waals surface area (Å²) in [6, 6.07) is 5.84. The highest BCUT2D eigenvalue weighted by molar-refractivity contribution is 9.10. The van der Waals surface area contributed by atoms with Crippen molar-refractivity contribution in [1.29, 1.82) is 0 Å². The zero-order valence-electron chi connectivity index (χ0n) is 9.55. The molecule has 4 heteroatoms. The molecular weight excluding hydrogens is 270 g/mol. The summed E-state index contributed by atoms with van der Waals surface area (Å²) in [7, 11) is 1.63. The molecule has 88 valence electrons. The minimum absolute atomic E-state index is 0.0154.